The Morgan fingerprint density at radius 2 is 1.80 bits per heavy atom. The van der Waals surface area contributed by atoms with Crippen molar-refractivity contribution in [3.05, 3.63) is 0 Å². The Kier molecular flexibility index (Phi) is 8.55. The summed E-state index contributed by atoms with van der Waals surface area (Å²) < 4.78 is 0. The number of halogens is 1. The lowest BCUT2D eigenvalue weighted by molar-refractivity contribution is -0.126. The summed E-state index contributed by atoms with van der Waals surface area (Å²) in [5, 5.41) is 6.53. The van der Waals surface area contributed by atoms with Crippen molar-refractivity contribution in [3.8, 4) is 0 Å². The van der Waals surface area contributed by atoms with Crippen LogP contribution in [0, 0.1) is 11.8 Å². The highest BCUT2D eigenvalue weighted by atomic mass is 35.5. The predicted molar refractivity (Wildman–Crippen MR) is 86.3 cm³/mol. The summed E-state index contributed by atoms with van der Waals surface area (Å²) in [6.45, 7) is 4.16. The van der Waals surface area contributed by atoms with Crippen LogP contribution >= 0.6 is 12.4 Å². The molecule has 1 unspecified atom stereocenters. The summed E-state index contributed by atoms with van der Waals surface area (Å²) in [4.78, 5) is 12.1. The zero-order valence-electron chi connectivity index (χ0n) is 12.8. The van der Waals surface area contributed by atoms with Gasteiger partial charge in [0.25, 0.3) is 0 Å². The van der Waals surface area contributed by atoms with E-state index in [0.717, 1.165) is 38.3 Å². The highest BCUT2D eigenvalue weighted by Crippen LogP contribution is 2.27. The number of carbonyl (C=O) groups is 1. The molecule has 118 valence electrons. The van der Waals surface area contributed by atoms with Crippen molar-refractivity contribution >= 4 is 18.3 Å². The molecule has 0 spiro atoms. The van der Waals surface area contributed by atoms with Crippen LogP contribution < -0.4 is 10.6 Å². The molecule has 0 aromatic carbocycles. The van der Waals surface area contributed by atoms with Gasteiger partial charge in [0.2, 0.25) is 5.91 Å². The number of rotatable bonds is 5. The fraction of sp³-hybridized carbons (Fsp3) is 0.938. The third-order valence-corrected chi connectivity index (χ3v) is 4.83. The lowest BCUT2D eigenvalue weighted by Gasteiger charge is -2.26. The summed E-state index contributed by atoms with van der Waals surface area (Å²) >= 11 is 0. The molecular formula is C16H31ClN2O. The third kappa shape index (κ3) is 6.01. The Hall–Kier alpha value is -0.280. The Balaban J connectivity index is 0.00000200. The fourth-order valence-electron chi connectivity index (χ4n) is 3.48. The average Bonchev–Trinajstić information content (AvgIpc) is 2.47. The molecule has 2 rings (SSSR count). The second kappa shape index (κ2) is 9.62. The molecule has 4 heteroatoms. The van der Waals surface area contributed by atoms with Crippen molar-refractivity contribution in [2.24, 2.45) is 11.8 Å². The van der Waals surface area contributed by atoms with Gasteiger partial charge in [-0.25, -0.2) is 0 Å². The maximum atomic E-state index is 12.1. The van der Waals surface area contributed by atoms with Crippen LogP contribution in [-0.2, 0) is 4.79 Å². The molecule has 0 bridgehead atoms. The topological polar surface area (TPSA) is 41.1 Å². The average molecular weight is 303 g/mol. The molecule has 1 atom stereocenters. The summed E-state index contributed by atoms with van der Waals surface area (Å²) in [6.07, 6.45) is 11.5. The van der Waals surface area contributed by atoms with E-state index < -0.39 is 0 Å². The van der Waals surface area contributed by atoms with Gasteiger partial charge in [-0.1, -0.05) is 32.1 Å². The second-order valence-corrected chi connectivity index (χ2v) is 6.52. The van der Waals surface area contributed by atoms with Gasteiger partial charge in [-0.05, 0) is 51.6 Å². The molecule has 2 aliphatic rings. The van der Waals surface area contributed by atoms with E-state index in [9.17, 15) is 4.79 Å². The molecule has 0 aromatic heterocycles. The van der Waals surface area contributed by atoms with Crippen LogP contribution in [0.4, 0.5) is 0 Å². The van der Waals surface area contributed by atoms with E-state index in [1.165, 1.54) is 38.5 Å². The SMILES string of the molecule is CC(CCC1CCCCC1)NC(=O)C1CCNCC1.Cl. The van der Waals surface area contributed by atoms with Gasteiger partial charge in [-0.15, -0.1) is 12.4 Å². The molecular weight excluding hydrogens is 272 g/mol. The molecule has 1 saturated heterocycles. The lowest BCUT2D eigenvalue weighted by atomic mass is 9.85. The molecule has 1 aliphatic carbocycles. The van der Waals surface area contributed by atoms with E-state index >= 15 is 0 Å². The van der Waals surface area contributed by atoms with Gasteiger partial charge in [-0.3, -0.25) is 4.79 Å². The number of hydrogen-bond acceptors (Lipinski definition) is 2. The van der Waals surface area contributed by atoms with E-state index in [2.05, 4.69) is 17.6 Å². The van der Waals surface area contributed by atoms with Gasteiger partial charge in [0.15, 0.2) is 0 Å². The first-order valence-electron chi connectivity index (χ1n) is 8.27. The quantitative estimate of drug-likeness (QED) is 0.818. The van der Waals surface area contributed by atoms with Crippen molar-refractivity contribution < 1.29 is 4.79 Å². The molecule has 2 N–H and O–H groups in total. The smallest absolute Gasteiger partial charge is 0.223 e. The van der Waals surface area contributed by atoms with Crippen molar-refractivity contribution in [2.45, 2.75) is 70.8 Å². The number of piperidine rings is 1. The minimum absolute atomic E-state index is 0. The van der Waals surface area contributed by atoms with Gasteiger partial charge >= 0.3 is 0 Å². The second-order valence-electron chi connectivity index (χ2n) is 6.52. The first-order valence-corrected chi connectivity index (χ1v) is 8.27. The van der Waals surface area contributed by atoms with Crippen LogP contribution in [0.15, 0.2) is 0 Å². The first kappa shape index (κ1) is 17.8. The van der Waals surface area contributed by atoms with Crippen molar-refractivity contribution in [3.63, 3.8) is 0 Å². The molecule has 2 fully saturated rings. The van der Waals surface area contributed by atoms with E-state index in [0.29, 0.717) is 6.04 Å². The maximum Gasteiger partial charge on any atom is 0.223 e. The van der Waals surface area contributed by atoms with Crippen LogP contribution in [0.5, 0.6) is 0 Å². The third-order valence-electron chi connectivity index (χ3n) is 4.83. The largest absolute Gasteiger partial charge is 0.353 e. The molecule has 1 aliphatic heterocycles. The molecule has 20 heavy (non-hydrogen) atoms. The lowest BCUT2D eigenvalue weighted by Crippen LogP contribution is -2.41. The maximum absolute atomic E-state index is 12.1. The summed E-state index contributed by atoms with van der Waals surface area (Å²) in [5.41, 5.74) is 0. The summed E-state index contributed by atoms with van der Waals surface area (Å²) in [5.74, 6) is 1.46. The summed E-state index contributed by atoms with van der Waals surface area (Å²) in [6, 6.07) is 0.351. The van der Waals surface area contributed by atoms with Crippen molar-refractivity contribution in [2.75, 3.05) is 13.1 Å². The molecule has 0 aromatic rings. The van der Waals surface area contributed by atoms with E-state index in [1.54, 1.807) is 0 Å². The van der Waals surface area contributed by atoms with Crippen LogP contribution in [0.2, 0.25) is 0 Å². The van der Waals surface area contributed by atoms with Gasteiger partial charge in [0.1, 0.15) is 0 Å². The van der Waals surface area contributed by atoms with Gasteiger partial charge in [0, 0.05) is 12.0 Å². The van der Waals surface area contributed by atoms with Crippen LogP contribution in [0.1, 0.15) is 64.7 Å². The minimum atomic E-state index is 0. The zero-order valence-corrected chi connectivity index (χ0v) is 13.6. The number of amides is 1. The monoisotopic (exact) mass is 302 g/mol. The predicted octanol–water partition coefficient (Wildman–Crippen LogP) is 3.27. The number of hydrogen-bond donors (Lipinski definition) is 2. The molecule has 3 nitrogen and oxygen atoms in total. The first-order chi connectivity index (χ1) is 9.25. The molecule has 1 saturated carbocycles. The van der Waals surface area contributed by atoms with Crippen LogP contribution in [-0.4, -0.2) is 25.0 Å². The Labute approximate surface area is 130 Å². The summed E-state index contributed by atoms with van der Waals surface area (Å²) in [7, 11) is 0. The van der Waals surface area contributed by atoms with Crippen LogP contribution in [0.3, 0.4) is 0 Å². The number of nitrogens with one attached hydrogen (secondary N) is 2. The Morgan fingerprint density at radius 3 is 2.45 bits per heavy atom. The fourth-order valence-corrected chi connectivity index (χ4v) is 3.48. The molecule has 0 radical (unpaired) electrons. The van der Waals surface area contributed by atoms with E-state index in [4.69, 9.17) is 0 Å². The van der Waals surface area contributed by atoms with Gasteiger partial charge in [0.05, 0.1) is 0 Å². The van der Waals surface area contributed by atoms with Gasteiger partial charge in [-0.2, -0.15) is 0 Å². The standard InChI is InChI=1S/C16H30N2O.ClH/c1-13(7-8-14-5-3-2-4-6-14)18-16(19)15-9-11-17-12-10-15;/h13-15,17H,2-12H2,1H3,(H,18,19);1H. The van der Waals surface area contributed by atoms with Crippen LogP contribution in [0.25, 0.3) is 0 Å². The number of carbonyl (C=O) groups excluding carboxylic acids is 1. The van der Waals surface area contributed by atoms with E-state index in [1.807, 2.05) is 0 Å². The normalized spacial score (nSPS) is 22.9. The zero-order chi connectivity index (χ0) is 13.5. The van der Waals surface area contributed by atoms with E-state index in [-0.39, 0.29) is 24.2 Å². The Bertz CT molecular complexity index is 274. The highest BCUT2D eigenvalue weighted by molar-refractivity contribution is 5.85. The Morgan fingerprint density at radius 1 is 1.15 bits per heavy atom. The van der Waals surface area contributed by atoms with Gasteiger partial charge < -0.3 is 10.6 Å². The highest BCUT2D eigenvalue weighted by Gasteiger charge is 2.22. The molecule has 1 amide bonds. The van der Waals surface area contributed by atoms with Crippen molar-refractivity contribution in [1.29, 1.82) is 0 Å². The minimum Gasteiger partial charge on any atom is -0.353 e. The molecule has 1 heterocycles. The van der Waals surface area contributed by atoms with Crippen molar-refractivity contribution in [1.82, 2.24) is 10.6 Å².